The Morgan fingerprint density at radius 2 is 2.10 bits per heavy atom. The molecule has 0 bridgehead atoms. The molecule has 0 aliphatic heterocycles. The number of nitrogens with two attached hydrogens (primary N) is 1. The number of hydrogen-bond donors (Lipinski definition) is 2. The lowest BCUT2D eigenvalue weighted by molar-refractivity contribution is 0.548. The zero-order chi connectivity index (χ0) is 15.6. The zero-order valence-corrected chi connectivity index (χ0v) is 13.9. The summed E-state index contributed by atoms with van der Waals surface area (Å²) >= 11 is 1.44. The molecular weight excluding hydrogens is 306 g/mol. The number of hydrogen-bond acceptors (Lipinski definition) is 5. The molecule has 5 nitrogen and oxygen atoms in total. The molecule has 1 atom stereocenters. The molecule has 0 aliphatic rings. The smallest absolute Gasteiger partial charge is 0.241 e. The molecule has 114 valence electrons. The van der Waals surface area contributed by atoms with Crippen molar-refractivity contribution >= 4 is 27.0 Å². The van der Waals surface area contributed by atoms with Crippen LogP contribution < -0.4 is 10.5 Å². The number of anilines is 1. The number of nitrogens with zero attached hydrogens (tertiary/aromatic N) is 1. The van der Waals surface area contributed by atoms with Gasteiger partial charge in [-0.15, -0.1) is 11.3 Å². The van der Waals surface area contributed by atoms with Crippen LogP contribution in [0.2, 0.25) is 0 Å². The molecule has 1 aromatic heterocycles. The van der Waals surface area contributed by atoms with E-state index in [4.69, 9.17) is 5.73 Å². The summed E-state index contributed by atoms with van der Waals surface area (Å²) in [5.74, 6) is 0. The highest BCUT2D eigenvalue weighted by molar-refractivity contribution is 7.89. The third-order valence-corrected chi connectivity index (χ3v) is 6.02. The Hall–Kier alpha value is -1.44. The highest BCUT2D eigenvalue weighted by Gasteiger charge is 2.25. The predicted molar refractivity (Wildman–Crippen MR) is 85.8 cm³/mol. The maximum Gasteiger partial charge on any atom is 0.241 e. The van der Waals surface area contributed by atoms with Crippen LogP contribution in [-0.4, -0.2) is 13.4 Å². The first-order valence-corrected chi connectivity index (χ1v) is 9.00. The van der Waals surface area contributed by atoms with E-state index in [-0.39, 0.29) is 10.9 Å². The van der Waals surface area contributed by atoms with Crippen LogP contribution in [-0.2, 0) is 10.0 Å². The second kappa shape index (κ2) is 6.13. The van der Waals surface area contributed by atoms with Crippen LogP contribution in [0.1, 0.15) is 35.5 Å². The molecule has 0 radical (unpaired) electrons. The molecule has 1 heterocycles. The van der Waals surface area contributed by atoms with Crippen LogP contribution in [0, 0.1) is 13.8 Å². The monoisotopic (exact) mass is 325 g/mol. The number of aromatic nitrogens is 1. The molecule has 2 aromatic rings. The number of nitrogens with one attached hydrogen (secondary N) is 1. The fraction of sp³-hybridized carbons (Fsp3) is 0.357. The van der Waals surface area contributed by atoms with Gasteiger partial charge in [0.2, 0.25) is 10.0 Å². The first kappa shape index (κ1) is 15.9. The number of aryl methyl sites for hydroxylation is 1. The molecule has 0 fully saturated rings. The quantitative estimate of drug-likeness (QED) is 0.828. The van der Waals surface area contributed by atoms with Gasteiger partial charge in [-0.2, -0.15) is 0 Å². The van der Waals surface area contributed by atoms with Gasteiger partial charge in [-0.25, -0.2) is 18.1 Å². The molecule has 1 aromatic carbocycles. The van der Waals surface area contributed by atoms with Gasteiger partial charge in [0.05, 0.1) is 10.9 Å². The van der Waals surface area contributed by atoms with Gasteiger partial charge in [0, 0.05) is 17.3 Å². The largest absolute Gasteiger partial charge is 0.398 e. The Labute approximate surface area is 129 Å². The van der Waals surface area contributed by atoms with Crippen molar-refractivity contribution in [3.8, 4) is 0 Å². The van der Waals surface area contributed by atoms with Crippen LogP contribution in [0.4, 0.5) is 5.69 Å². The summed E-state index contributed by atoms with van der Waals surface area (Å²) in [7, 11) is -3.64. The van der Waals surface area contributed by atoms with Crippen LogP contribution in [0.25, 0.3) is 0 Å². The van der Waals surface area contributed by atoms with Gasteiger partial charge in [0.15, 0.2) is 0 Å². The fourth-order valence-electron chi connectivity index (χ4n) is 2.22. The van der Waals surface area contributed by atoms with Gasteiger partial charge in [-0.1, -0.05) is 13.0 Å². The predicted octanol–water partition coefficient (Wildman–Crippen LogP) is 2.77. The molecule has 0 amide bonds. The van der Waals surface area contributed by atoms with E-state index in [1.54, 1.807) is 32.2 Å². The summed E-state index contributed by atoms with van der Waals surface area (Å²) in [5.41, 5.74) is 7.58. The minimum Gasteiger partial charge on any atom is -0.398 e. The molecular formula is C14H19N3O2S2. The molecule has 0 aliphatic carbocycles. The summed E-state index contributed by atoms with van der Waals surface area (Å²) < 4.78 is 28.1. The Kier molecular flexibility index (Phi) is 4.65. The number of sulfonamides is 1. The lowest BCUT2D eigenvalue weighted by atomic mass is 10.1. The van der Waals surface area contributed by atoms with Crippen molar-refractivity contribution in [1.82, 2.24) is 9.71 Å². The highest BCUT2D eigenvalue weighted by Crippen LogP contribution is 2.27. The number of thiazole rings is 1. The van der Waals surface area contributed by atoms with Crippen molar-refractivity contribution in [2.24, 2.45) is 0 Å². The lowest BCUT2D eigenvalue weighted by Gasteiger charge is -2.18. The van der Waals surface area contributed by atoms with E-state index in [1.807, 2.05) is 12.3 Å². The van der Waals surface area contributed by atoms with E-state index < -0.39 is 10.0 Å². The SMILES string of the molecule is CCC(NS(=O)(=O)c1c(C)ccc(N)c1C)c1nccs1. The van der Waals surface area contributed by atoms with Crippen molar-refractivity contribution in [2.75, 3.05) is 5.73 Å². The first-order valence-electron chi connectivity index (χ1n) is 6.64. The third kappa shape index (κ3) is 3.25. The molecule has 21 heavy (non-hydrogen) atoms. The van der Waals surface area contributed by atoms with Crippen molar-refractivity contribution < 1.29 is 8.42 Å². The van der Waals surface area contributed by atoms with Crippen LogP contribution in [0.3, 0.4) is 0 Å². The molecule has 1 unspecified atom stereocenters. The normalized spacial score (nSPS) is 13.3. The molecule has 3 N–H and O–H groups in total. The summed E-state index contributed by atoms with van der Waals surface area (Å²) in [5, 5.41) is 2.60. The Bertz CT molecular complexity index is 725. The van der Waals surface area contributed by atoms with Crippen LogP contribution in [0.15, 0.2) is 28.6 Å². The van der Waals surface area contributed by atoms with Gasteiger partial charge in [0.1, 0.15) is 5.01 Å². The van der Waals surface area contributed by atoms with Gasteiger partial charge in [0.25, 0.3) is 0 Å². The average Bonchev–Trinajstić information content (AvgIpc) is 2.94. The van der Waals surface area contributed by atoms with E-state index in [1.165, 1.54) is 11.3 Å². The Morgan fingerprint density at radius 1 is 1.38 bits per heavy atom. The molecule has 2 rings (SSSR count). The zero-order valence-electron chi connectivity index (χ0n) is 12.3. The summed E-state index contributed by atoms with van der Waals surface area (Å²) in [4.78, 5) is 4.46. The van der Waals surface area contributed by atoms with Crippen molar-refractivity contribution in [1.29, 1.82) is 0 Å². The highest BCUT2D eigenvalue weighted by atomic mass is 32.2. The summed E-state index contributed by atoms with van der Waals surface area (Å²) in [6.45, 7) is 5.42. The summed E-state index contributed by atoms with van der Waals surface area (Å²) in [6.07, 6.45) is 2.31. The standard InChI is InChI=1S/C14H19N3O2S2/c1-4-12(14-16-7-8-20-14)17-21(18,19)13-9(2)5-6-11(15)10(13)3/h5-8,12,17H,4,15H2,1-3H3. The minimum absolute atomic E-state index is 0.262. The van der Waals surface area contributed by atoms with Gasteiger partial charge >= 0.3 is 0 Å². The van der Waals surface area contributed by atoms with E-state index in [0.717, 1.165) is 5.01 Å². The maximum atomic E-state index is 12.7. The Balaban J connectivity index is 2.41. The van der Waals surface area contributed by atoms with E-state index in [2.05, 4.69) is 9.71 Å². The van der Waals surface area contributed by atoms with Gasteiger partial charge in [-0.3, -0.25) is 0 Å². The second-order valence-corrected chi connectivity index (χ2v) is 7.46. The third-order valence-electron chi connectivity index (χ3n) is 3.37. The Morgan fingerprint density at radius 3 is 2.67 bits per heavy atom. The van der Waals surface area contributed by atoms with E-state index >= 15 is 0 Å². The van der Waals surface area contributed by atoms with Gasteiger partial charge < -0.3 is 5.73 Å². The fourth-order valence-corrected chi connectivity index (χ4v) is 4.85. The molecule has 0 saturated carbocycles. The molecule has 7 heteroatoms. The lowest BCUT2D eigenvalue weighted by Crippen LogP contribution is -2.29. The number of benzene rings is 1. The van der Waals surface area contributed by atoms with Gasteiger partial charge in [-0.05, 0) is 37.5 Å². The molecule has 0 saturated heterocycles. The maximum absolute atomic E-state index is 12.7. The van der Waals surface area contributed by atoms with E-state index in [9.17, 15) is 8.42 Å². The van der Waals surface area contributed by atoms with Crippen molar-refractivity contribution in [2.45, 2.75) is 38.1 Å². The van der Waals surface area contributed by atoms with Crippen LogP contribution in [0.5, 0.6) is 0 Å². The second-order valence-electron chi connectivity index (χ2n) is 4.88. The van der Waals surface area contributed by atoms with Crippen molar-refractivity contribution in [3.63, 3.8) is 0 Å². The first-order chi connectivity index (χ1) is 9.86. The van der Waals surface area contributed by atoms with Crippen LogP contribution >= 0.6 is 11.3 Å². The number of rotatable bonds is 5. The van der Waals surface area contributed by atoms with E-state index in [0.29, 0.717) is 23.2 Å². The topological polar surface area (TPSA) is 85.1 Å². The molecule has 0 spiro atoms. The number of nitrogen functional groups attached to an aromatic ring is 1. The van der Waals surface area contributed by atoms with Crippen molar-refractivity contribution in [3.05, 3.63) is 39.8 Å². The summed E-state index contributed by atoms with van der Waals surface area (Å²) in [6, 6.07) is 3.12. The average molecular weight is 325 g/mol. The minimum atomic E-state index is -3.64.